The SMILES string of the molecule is COc1ccc(CNc2nc3ccccc3cc2C)cn1. The van der Waals surface area contributed by atoms with Gasteiger partial charge >= 0.3 is 0 Å². The van der Waals surface area contributed by atoms with E-state index in [1.807, 2.05) is 36.5 Å². The summed E-state index contributed by atoms with van der Waals surface area (Å²) in [6.45, 7) is 2.75. The number of hydrogen-bond acceptors (Lipinski definition) is 4. The molecule has 3 aromatic rings. The number of nitrogens with zero attached hydrogens (tertiary/aromatic N) is 2. The van der Waals surface area contributed by atoms with Gasteiger partial charge in [-0.15, -0.1) is 0 Å². The molecule has 1 aromatic carbocycles. The molecule has 0 amide bonds. The summed E-state index contributed by atoms with van der Waals surface area (Å²) in [4.78, 5) is 8.87. The average molecular weight is 279 g/mol. The number of rotatable bonds is 4. The van der Waals surface area contributed by atoms with E-state index >= 15 is 0 Å². The topological polar surface area (TPSA) is 47.0 Å². The molecule has 0 spiro atoms. The molecule has 3 rings (SSSR count). The number of methoxy groups -OCH3 is 1. The third-order valence-electron chi connectivity index (χ3n) is 3.38. The lowest BCUT2D eigenvalue weighted by molar-refractivity contribution is 0.397. The Hall–Kier alpha value is -2.62. The molecule has 0 fully saturated rings. The fourth-order valence-corrected chi connectivity index (χ4v) is 2.22. The lowest BCUT2D eigenvalue weighted by Gasteiger charge is -2.10. The zero-order valence-electron chi connectivity index (χ0n) is 12.1. The first-order valence-electron chi connectivity index (χ1n) is 6.85. The first-order chi connectivity index (χ1) is 10.3. The summed E-state index contributed by atoms with van der Waals surface area (Å²) >= 11 is 0. The maximum Gasteiger partial charge on any atom is 0.212 e. The van der Waals surface area contributed by atoms with Gasteiger partial charge in [-0.25, -0.2) is 9.97 Å². The first kappa shape index (κ1) is 13.4. The van der Waals surface area contributed by atoms with Crippen LogP contribution in [0.4, 0.5) is 5.82 Å². The van der Waals surface area contributed by atoms with Crippen LogP contribution < -0.4 is 10.1 Å². The van der Waals surface area contributed by atoms with Crippen LogP contribution in [0.2, 0.25) is 0 Å². The van der Waals surface area contributed by atoms with Crippen LogP contribution in [0, 0.1) is 6.92 Å². The molecule has 0 aliphatic rings. The van der Waals surface area contributed by atoms with E-state index in [1.54, 1.807) is 7.11 Å². The van der Waals surface area contributed by atoms with Gasteiger partial charge in [-0.2, -0.15) is 0 Å². The highest BCUT2D eigenvalue weighted by Gasteiger charge is 2.03. The third-order valence-corrected chi connectivity index (χ3v) is 3.38. The summed E-state index contributed by atoms with van der Waals surface area (Å²) in [5, 5.41) is 4.53. The zero-order valence-corrected chi connectivity index (χ0v) is 12.1. The van der Waals surface area contributed by atoms with Gasteiger partial charge in [-0.05, 0) is 30.2 Å². The lowest BCUT2D eigenvalue weighted by Crippen LogP contribution is -2.04. The van der Waals surface area contributed by atoms with E-state index in [2.05, 4.69) is 34.3 Å². The molecule has 2 heterocycles. The highest BCUT2D eigenvalue weighted by molar-refractivity contribution is 5.81. The van der Waals surface area contributed by atoms with Crippen molar-refractivity contribution in [1.82, 2.24) is 9.97 Å². The van der Waals surface area contributed by atoms with Crippen molar-refractivity contribution in [2.75, 3.05) is 12.4 Å². The molecular formula is C17H17N3O. The number of para-hydroxylation sites is 1. The molecule has 0 aliphatic carbocycles. The second kappa shape index (κ2) is 5.79. The first-order valence-corrected chi connectivity index (χ1v) is 6.85. The van der Waals surface area contributed by atoms with Gasteiger partial charge < -0.3 is 10.1 Å². The number of ether oxygens (including phenoxy) is 1. The van der Waals surface area contributed by atoms with Crippen LogP contribution in [0.25, 0.3) is 10.9 Å². The number of aromatic nitrogens is 2. The van der Waals surface area contributed by atoms with Crippen molar-refractivity contribution >= 4 is 16.7 Å². The molecule has 0 bridgehead atoms. The van der Waals surface area contributed by atoms with Gasteiger partial charge in [0, 0.05) is 24.2 Å². The van der Waals surface area contributed by atoms with Crippen molar-refractivity contribution < 1.29 is 4.74 Å². The summed E-state index contributed by atoms with van der Waals surface area (Å²) < 4.78 is 5.06. The average Bonchev–Trinajstić information content (AvgIpc) is 2.53. The molecule has 0 aliphatic heterocycles. The molecule has 4 heteroatoms. The maximum atomic E-state index is 5.06. The summed E-state index contributed by atoms with van der Waals surface area (Å²) in [7, 11) is 1.61. The van der Waals surface area contributed by atoms with Gasteiger partial charge in [0.2, 0.25) is 5.88 Å². The molecule has 2 aromatic heterocycles. The van der Waals surface area contributed by atoms with Crippen LogP contribution >= 0.6 is 0 Å². The normalized spacial score (nSPS) is 10.6. The monoisotopic (exact) mass is 279 g/mol. The van der Waals surface area contributed by atoms with Crippen molar-refractivity contribution in [2.45, 2.75) is 13.5 Å². The summed E-state index contributed by atoms with van der Waals surface area (Å²) in [6, 6.07) is 14.1. The summed E-state index contributed by atoms with van der Waals surface area (Å²) in [5.41, 5.74) is 3.22. The van der Waals surface area contributed by atoms with Crippen molar-refractivity contribution in [1.29, 1.82) is 0 Å². The van der Waals surface area contributed by atoms with Crippen LogP contribution in [-0.2, 0) is 6.54 Å². The van der Waals surface area contributed by atoms with Gasteiger partial charge in [0.25, 0.3) is 0 Å². The Bertz CT molecular complexity index is 754. The van der Waals surface area contributed by atoms with Crippen molar-refractivity contribution in [2.24, 2.45) is 0 Å². The Kier molecular flexibility index (Phi) is 3.69. The molecule has 4 nitrogen and oxygen atoms in total. The van der Waals surface area contributed by atoms with E-state index in [4.69, 9.17) is 4.74 Å². The fraction of sp³-hybridized carbons (Fsp3) is 0.176. The van der Waals surface area contributed by atoms with E-state index in [0.29, 0.717) is 12.4 Å². The molecule has 0 atom stereocenters. The van der Waals surface area contributed by atoms with E-state index in [1.165, 1.54) is 0 Å². The molecule has 0 radical (unpaired) electrons. The molecule has 1 N–H and O–H groups in total. The highest BCUT2D eigenvalue weighted by atomic mass is 16.5. The predicted octanol–water partition coefficient (Wildman–Crippen LogP) is 3.56. The Morgan fingerprint density at radius 2 is 2.00 bits per heavy atom. The molecule has 21 heavy (non-hydrogen) atoms. The Balaban J connectivity index is 1.79. The van der Waals surface area contributed by atoms with Gasteiger partial charge in [0.1, 0.15) is 5.82 Å². The molecular weight excluding hydrogens is 262 g/mol. The fourth-order valence-electron chi connectivity index (χ4n) is 2.22. The molecule has 0 saturated heterocycles. The third kappa shape index (κ3) is 2.94. The van der Waals surface area contributed by atoms with E-state index in [0.717, 1.165) is 27.8 Å². The van der Waals surface area contributed by atoms with E-state index < -0.39 is 0 Å². The Morgan fingerprint density at radius 3 is 2.76 bits per heavy atom. The second-order valence-electron chi connectivity index (χ2n) is 4.91. The summed E-state index contributed by atoms with van der Waals surface area (Å²) in [5.74, 6) is 1.53. The van der Waals surface area contributed by atoms with Crippen LogP contribution in [0.15, 0.2) is 48.7 Å². The quantitative estimate of drug-likeness (QED) is 0.793. The van der Waals surface area contributed by atoms with Crippen molar-refractivity contribution in [3.63, 3.8) is 0 Å². The Morgan fingerprint density at radius 1 is 1.14 bits per heavy atom. The van der Waals surface area contributed by atoms with Gasteiger partial charge in [0.15, 0.2) is 0 Å². The Labute approximate surface area is 123 Å². The number of nitrogens with one attached hydrogen (secondary N) is 1. The van der Waals surface area contributed by atoms with Crippen molar-refractivity contribution in [3.8, 4) is 5.88 Å². The minimum atomic E-state index is 0.624. The number of pyridine rings is 2. The molecule has 0 unspecified atom stereocenters. The maximum absolute atomic E-state index is 5.06. The minimum absolute atomic E-state index is 0.624. The standard InChI is InChI=1S/C17H17N3O/c1-12-9-14-5-3-4-6-15(14)20-17(12)19-11-13-7-8-16(21-2)18-10-13/h3-10H,11H2,1-2H3,(H,19,20). The van der Waals surface area contributed by atoms with E-state index in [9.17, 15) is 0 Å². The van der Waals surface area contributed by atoms with Gasteiger partial charge in [-0.3, -0.25) is 0 Å². The van der Waals surface area contributed by atoms with Crippen LogP contribution in [-0.4, -0.2) is 17.1 Å². The number of hydrogen-bond donors (Lipinski definition) is 1. The number of fused-ring (bicyclic) bond motifs is 1. The van der Waals surface area contributed by atoms with Crippen LogP contribution in [0.3, 0.4) is 0 Å². The molecule has 106 valence electrons. The van der Waals surface area contributed by atoms with Crippen LogP contribution in [0.5, 0.6) is 5.88 Å². The summed E-state index contributed by atoms with van der Waals surface area (Å²) in [6.07, 6.45) is 1.81. The van der Waals surface area contributed by atoms with E-state index in [-0.39, 0.29) is 0 Å². The number of aryl methyl sites for hydroxylation is 1. The number of anilines is 1. The largest absolute Gasteiger partial charge is 0.481 e. The highest BCUT2D eigenvalue weighted by Crippen LogP contribution is 2.20. The van der Waals surface area contributed by atoms with Gasteiger partial charge in [0.05, 0.1) is 12.6 Å². The second-order valence-corrected chi connectivity index (χ2v) is 4.91. The predicted molar refractivity (Wildman–Crippen MR) is 84.6 cm³/mol. The van der Waals surface area contributed by atoms with Crippen molar-refractivity contribution in [3.05, 3.63) is 59.8 Å². The van der Waals surface area contributed by atoms with Crippen LogP contribution in [0.1, 0.15) is 11.1 Å². The number of benzene rings is 1. The minimum Gasteiger partial charge on any atom is -0.481 e. The zero-order chi connectivity index (χ0) is 14.7. The molecule has 0 saturated carbocycles. The smallest absolute Gasteiger partial charge is 0.212 e. The lowest BCUT2D eigenvalue weighted by atomic mass is 10.1. The van der Waals surface area contributed by atoms with Gasteiger partial charge in [-0.1, -0.05) is 24.3 Å².